The second-order valence-electron chi connectivity index (χ2n) is 8.09. The van der Waals surface area contributed by atoms with Crippen molar-refractivity contribution in [1.29, 1.82) is 0 Å². The molecule has 1 heterocycles. The lowest BCUT2D eigenvalue weighted by atomic mass is 10.0. The number of halogens is 1. The molecule has 32 heavy (non-hydrogen) atoms. The standard InChI is InChI=1S/C26H30N4O.HI/c1-19(21-14-13-20-8-3-4-9-22(20)16-21)29-26(27-2)28-15-7-12-25(31)30-17-23-10-5-6-11-24(23)18-30;/h3-6,8-11,13-14,16,19H,7,12,15,17-18H2,1-2H3,(H2,27,28,29);1H. The molecular weight excluding hydrogens is 511 g/mol. The molecule has 0 saturated carbocycles. The molecule has 6 heteroatoms. The van der Waals surface area contributed by atoms with Gasteiger partial charge in [-0.2, -0.15) is 0 Å². The first-order valence-electron chi connectivity index (χ1n) is 10.9. The van der Waals surface area contributed by atoms with E-state index in [9.17, 15) is 4.79 Å². The zero-order valence-corrected chi connectivity index (χ0v) is 21.0. The Morgan fingerprint density at radius 3 is 2.34 bits per heavy atom. The number of hydrogen-bond acceptors (Lipinski definition) is 2. The third kappa shape index (κ3) is 5.79. The minimum absolute atomic E-state index is 0. The van der Waals surface area contributed by atoms with Crippen molar-refractivity contribution in [2.24, 2.45) is 4.99 Å². The van der Waals surface area contributed by atoms with Gasteiger partial charge in [-0.25, -0.2) is 0 Å². The first kappa shape index (κ1) is 24.0. The number of rotatable bonds is 6. The van der Waals surface area contributed by atoms with Crippen molar-refractivity contribution in [3.8, 4) is 0 Å². The van der Waals surface area contributed by atoms with E-state index in [2.05, 4.69) is 77.1 Å². The zero-order valence-electron chi connectivity index (χ0n) is 18.7. The maximum absolute atomic E-state index is 12.6. The fraction of sp³-hybridized carbons (Fsp3) is 0.308. The second kappa shape index (κ2) is 11.3. The van der Waals surface area contributed by atoms with Crippen LogP contribution in [-0.2, 0) is 17.9 Å². The molecule has 2 N–H and O–H groups in total. The molecule has 0 fully saturated rings. The van der Waals surface area contributed by atoms with Gasteiger partial charge in [-0.3, -0.25) is 9.79 Å². The highest BCUT2D eigenvalue weighted by molar-refractivity contribution is 14.0. The molecule has 1 unspecified atom stereocenters. The third-order valence-electron chi connectivity index (χ3n) is 5.90. The van der Waals surface area contributed by atoms with Gasteiger partial charge < -0.3 is 15.5 Å². The first-order valence-corrected chi connectivity index (χ1v) is 10.9. The van der Waals surface area contributed by atoms with Crippen LogP contribution in [0, 0.1) is 0 Å². The molecule has 0 aliphatic carbocycles. The van der Waals surface area contributed by atoms with Crippen LogP contribution in [0.5, 0.6) is 0 Å². The summed E-state index contributed by atoms with van der Waals surface area (Å²) in [4.78, 5) is 18.8. The van der Waals surface area contributed by atoms with Crippen LogP contribution in [0.1, 0.15) is 42.5 Å². The summed E-state index contributed by atoms with van der Waals surface area (Å²) in [5, 5.41) is 9.26. The predicted octanol–water partition coefficient (Wildman–Crippen LogP) is 5.01. The van der Waals surface area contributed by atoms with Gasteiger partial charge in [-0.1, -0.05) is 60.7 Å². The van der Waals surface area contributed by atoms with Gasteiger partial charge in [-0.05, 0) is 46.9 Å². The number of carbonyl (C=O) groups is 1. The molecule has 5 nitrogen and oxygen atoms in total. The van der Waals surface area contributed by atoms with Crippen LogP contribution < -0.4 is 10.6 Å². The van der Waals surface area contributed by atoms with E-state index < -0.39 is 0 Å². The Morgan fingerprint density at radius 2 is 1.66 bits per heavy atom. The van der Waals surface area contributed by atoms with Gasteiger partial charge >= 0.3 is 0 Å². The van der Waals surface area contributed by atoms with Gasteiger partial charge in [0.1, 0.15) is 0 Å². The Hall–Kier alpha value is -2.61. The number of fused-ring (bicyclic) bond motifs is 2. The summed E-state index contributed by atoms with van der Waals surface area (Å²) < 4.78 is 0. The highest BCUT2D eigenvalue weighted by Crippen LogP contribution is 2.23. The van der Waals surface area contributed by atoms with Gasteiger partial charge in [0.2, 0.25) is 5.91 Å². The number of hydrogen-bond donors (Lipinski definition) is 2. The molecule has 0 aromatic heterocycles. The first-order chi connectivity index (χ1) is 15.1. The Morgan fingerprint density at radius 1 is 1.00 bits per heavy atom. The number of nitrogens with zero attached hydrogens (tertiary/aromatic N) is 2. The monoisotopic (exact) mass is 542 g/mol. The highest BCUT2D eigenvalue weighted by atomic mass is 127. The molecule has 3 aromatic carbocycles. The summed E-state index contributed by atoms with van der Waals surface area (Å²) in [5.74, 6) is 0.965. The number of carbonyl (C=O) groups excluding carboxylic acids is 1. The van der Waals surface area contributed by atoms with E-state index in [1.165, 1.54) is 27.5 Å². The number of nitrogens with one attached hydrogen (secondary N) is 2. The lowest BCUT2D eigenvalue weighted by Crippen LogP contribution is -2.39. The van der Waals surface area contributed by atoms with E-state index in [4.69, 9.17) is 0 Å². The average molecular weight is 542 g/mol. The smallest absolute Gasteiger partial charge is 0.223 e. The second-order valence-corrected chi connectivity index (χ2v) is 8.09. The van der Waals surface area contributed by atoms with Crippen LogP contribution in [0.15, 0.2) is 71.7 Å². The maximum atomic E-state index is 12.6. The molecule has 1 amide bonds. The fourth-order valence-electron chi connectivity index (χ4n) is 4.07. The predicted molar refractivity (Wildman–Crippen MR) is 142 cm³/mol. The van der Waals surface area contributed by atoms with Crippen molar-refractivity contribution >= 4 is 46.6 Å². The molecule has 4 rings (SSSR count). The largest absolute Gasteiger partial charge is 0.356 e. The Bertz CT molecular complexity index is 1070. The highest BCUT2D eigenvalue weighted by Gasteiger charge is 2.22. The van der Waals surface area contributed by atoms with Crippen molar-refractivity contribution < 1.29 is 4.79 Å². The Labute approximate surface area is 207 Å². The molecule has 3 aromatic rings. The van der Waals surface area contributed by atoms with Crippen molar-refractivity contribution in [2.75, 3.05) is 13.6 Å². The Kier molecular flexibility index (Phi) is 8.50. The van der Waals surface area contributed by atoms with Crippen molar-refractivity contribution in [1.82, 2.24) is 15.5 Å². The lowest BCUT2D eigenvalue weighted by molar-refractivity contribution is -0.131. The molecule has 0 saturated heterocycles. The topological polar surface area (TPSA) is 56.7 Å². The summed E-state index contributed by atoms with van der Waals surface area (Å²) in [6.07, 6.45) is 1.31. The van der Waals surface area contributed by atoms with Gasteiger partial charge in [-0.15, -0.1) is 24.0 Å². The van der Waals surface area contributed by atoms with Crippen LogP contribution in [0.3, 0.4) is 0 Å². The number of amides is 1. The molecule has 0 bridgehead atoms. The molecule has 1 atom stereocenters. The average Bonchev–Trinajstić information content (AvgIpc) is 3.25. The summed E-state index contributed by atoms with van der Waals surface area (Å²) in [7, 11) is 1.77. The maximum Gasteiger partial charge on any atom is 0.223 e. The van der Waals surface area contributed by atoms with E-state index in [-0.39, 0.29) is 35.9 Å². The van der Waals surface area contributed by atoms with Crippen molar-refractivity contribution in [2.45, 2.75) is 38.9 Å². The normalized spacial score (nSPS) is 13.9. The van der Waals surface area contributed by atoms with Crippen LogP contribution in [0.2, 0.25) is 0 Å². The summed E-state index contributed by atoms with van der Waals surface area (Å²) in [6.45, 7) is 4.30. The minimum atomic E-state index is 0. The van der Waals surface area contributed by atoms with Gasteiger partial charge in [0.25, 0.3) is 0 Å². The fourth-order valence-corrected chi connectivity index (χ4v) is 4.07. The van der Waals surface area contributed by atoms with Gasteiger partial charge in [0.15, 0.2) is 5.96 Å². The molecule has 0 radical (unpaired) electrons. The van der Waals surface area contributed by atoms with Crippen LogP contribution in [0.25, 0.3) is 10.8 Å². The quantitative estimate of drug-likeness (QED) is 0.200. The van der Waals surface area contributed by atoms with Crippen molar-refractivity contribution in [3.63, 3.8) is 0 Å². The Balaban J connectivity index is 0.00000289. The number of guanidine groups is 1. The molecule has 1 aliphatic heterocycles. The zero-order chi connectivity index (χ0) is 21.6. The molecular formula is C26H31IN4O. The van der Waals surface area contributed by atoms with Crippen LogP contribution in [-0.4, -0.2) is 30.4 Å². The minimum Gasteiger partial charge on any atom is -0.356 e. The van der Waals surface area contributed by atoms with E-state index in [1.54, 1.807) is 7.05 Å². The van der Waals surface area contributed by atoms with Crippen LogP contribution in [0.4, 0.5) is 0 Å². The lowest BCUT2D eigenvalue weighted by Gasteiger charge is -2.19. The number of aliphatic imine (C=N–C) groups is 1. The van der Waals surface area contributed by atoms with Gasteiger partial charge in [0, 0.05) is 33.1 Å². The number of benzene rings is 3. The third-order valence-corrected chi connectivity index (χ3v) is 5.90. The molecule has 168 valence electrons. The summed E-state index contributed by atoms with van der Waals surface area (Å²) in [5.41, 5.74) is 3.74. The summed E-state index contributed by atoms with van der Waals surface area (Å²) in [6, 6.07) is 23.3. The van der Waals surface area contributed by atoms with Gasteiger partial charge in [0.05, 0.1) is 6.04 Å². The molecule has 1 aliphatic rings. The van der Waals surface area contributed by atoms with E-state index in [0.29, 0.717) is 13.0 Å². The summed E-state index contributed by atoms with van der Waals surface area (Å²) >= 11 is 0. The van der Waals surface area contributed by atoms with E-state index in [0.717, 1.165) is 25.5 Å². The van der Waals surface area contributed by atoms with Crippen molar-refractivity contribution in [3.05, 3.63) is 83.4 Å². The van der Waals surface area contributed by atoms with E-state index >= 15 is 0 Å². The molecule has 0 spiro atoms. The van der Waals surface area contributed by atoms with E-state index in [1.807, 2.05) is 17.0 Å². The SMILES string of the molecule is CN=C(NCCCC(=O)N1Cc2ccccc2C1)NC(C)c1ccc2ccccc2c1.I. The van der Waals surface area contributed by atoms with Crippen LogP contribution >= 0.6 is 24.0 Å².